The number of hydrogen-bond acceptors (Lipinski definition) is 3. The van der Waals surface area contributed by atoms with Gasteiger partial charge in [0, 0.05) is 43.3 Å². The fourth-order valence-corrected chi connectivity index (χ4v) is 2.81. The second-order valence-electron chi connectivity index (χ2n) is 6.34. The first-order chi connectivity index (χ1) is 12.6. The third-order valence-corrected chi connectivity index (χ3v) is 4.48. The van der Waals surface area contributed by atoms with Crippen molar-refractivity contribution in [2.45, 2.75) is 19.5 Å². The number of imidazole rings is 1. The number of carbonyl (C=O) groups excluding carboxylic acids is 1. The molecule has 0 unspecified atom stereocenters. The summed E-state index contributed by atoms with van der Waals surface area (Å²) in [5.74, 6) is 0.781. The molecule has 0 aliphatic carbocycles. The Kier molecular flexibility index (Phi) is 5.69. The summed E-state index contributed by atoms with van der Waals surface area (Å²) in [6.07, 6.45) is 3.56. The van der Waals surface area contributed by atoms with Crippen LogP contribution in [0, 0.1) is 0 Å². The number of hydrogen-bond donors (Lipinski definition) is 1. The van der Waals surface area contributed by atoms with Crippen molar-refractivity contribution in [3.05, 3.63) is 73.1 Å². The van der Waals surface area contributed by atoms with Gasteiger partial charge in [-0.3, -0.25) is 4.79 Å². The minimum atomic E-state index is -0.0199. The number of nitrogens with zero attached hydrogens (tertiary/aromatic N) is 3. The molecule has 1 N–H and O–H groups in total. The quantitative estimate of drug-likeness (QED) is 0.713. The second kappa shape index (κ2) is 8.34. The van der Waals surface area contributed by atoms with Gasteiger partial charge in [-0.05, 0) is 19.1 Å². The normalized spacial score (nSPS) is 11.8. The Labute approximate surface area is 154 Å². The van der Waals surface area contributed by atoms with E-state index in [9.17, 15) is 4.79 Å². The molecule has 0 saturated heterocycles. The van der Waals surface area contributed by atoms with Crippen molar-refractivity contribution >= 4 is 11.6 Å². The first-order valence-corrected chi connectivity index (χ1v) is 8.76. The molecular weight excluding hydrogens is 324 g/mol. The van der Waals surface area contributed by atoms with Crippen LogP contribution in [0.3, 0.4) is 0 Å². The van der Waals surface area contributed by atoms with E-state index in [1.807, 2.05) is 66.3 Å². The van der Waals surface area contributed by atoms with E-state index in [4.69, 9.17) is 0 Å². The molecule has 3 rings (SSSR count). The van der Waals surface area contributed by atoms with Crippen LogP contribution in [-0.4, -0.2) is 35.1 Å². The first-order valence-electron chi connectivity index (χ1n) is 8.76. The van der Waals surface area contributed by atoms with E-state index in [2.05, 4.69) is 34.3 Å². The van der Waals surface area contributed by atoms with Crippen molar-refractivity contribution in [1.82, 2.24) is 14.9 Å². The van der Waals surface area contributed by atoms with E-state index in [-0.39, 0.29) is 18.5 Å². The van der Waals surface area contributed by atoms with Gasteiger partial charge in [0.25, 0.3) is 0 Å². The lowest BCUT2D eigenvalue weighted by atomic mass is 10.2. The molecule has 1 heterocycles. The maximum absolute atomic E-state index is 12.4. The van der Waals surface area contributed by atoms with Crippen LogP contribution in [0.5, 0.6) is 0 Å². The summed E-state index contributed by atoms with van der Waals surface area (Å²) in [5.41, 5.74) is 2.14. The van der Waals surface area contributed by atoms with E-state index in [1.54, 1.807) is 6.20 Å². The van der Waals surface area contributed by atoms with Crippen molar-refractivity contribution in [3.8, 4) is 11.4 Å². The standard InChI is InChI=1S/C21H24N4O/c1-17(24(2)19-11-7-4-8-12-19)15-23-20(26)16-25-14-13-22-21(25)18-9-5-3-6-10-18/h3-14,17H,15-16H2,1-2H3,(H,23,26)/t17-/m0/s1. The Morgan fingerprint density at radius 1 is 1.12 bits per heavy atom. The Bertz CT molecular complexity index is 829. The number of para-hydroxylation sites is 1. The van der Waals surface area contributed by atoms with Crippen LogP contribution in [0.1, 0.15) is 6.92 Å². The van der Waals surface area contributed by atoms with Crippen LogP contribution in [0.15, 0.2) is 73.1 Å². The highest BCUT2D eigenvalue weighted by atomic mass is 16.1. The Morgan fingerprint density at radius 3 is 2.46 bits per heavy atom. The molecule has 1 amide bonds. The van der Waals surface area contributed by atoms with E-state index in [1.165, 1.54) is 0 Å². The predicted molar refractivity (Wildman–Crippen MR) is 105 cm³/mol. The molecule has 0 spiro atoms. The third kappa shape index (κ3) is 4.30. The lowest BCUT2D eigenvalue weighted by Gasteiger charge is -2.27. The van der Waals surface area contributed by atoms with Gasteiger partial charge in [0.05, 0.1) is 0 Å². The maximum atomic E-state index is 12.4. The van der Waals surface area contributed by atoms with Crippen LogP contribution in [-0.2, 0) is 11.3 Å². The van der Waals surface area contributed by atoms with E-state index in [0.717, 1.165) is 17.1 Å². The molecule has 3 aromatic rings. The highest BCUT2D eigenvalue weighted by Gasteiger charge is 2.13. The van der Waals surface area contributed by atoms with Crippen LogP contribution in [0.25, 0.3) is 11.4 Å². The molecule has 0 fully saturated rings. The second-order valence-corrected chi connectivity index (χ2v) is 6.34. The van der Waals surface area contributed by atoms with Crippen LogP contribution < -0.4 is 10.2 Å². The molecule has 5 nitrogen and oxygen atoms in total. The summed E-state index contributed by atoms with van der Waals surface area (Å²) in [4.78, 5) is 18.9. The van der Waals surface area contributed by atoms with Crippen molar-refractivity contribution in [2.75, 3.05) is 18.5 Å². The number of aromatic nitrogens is 2. The van der Waals surface area contributed by atoms with Crippen LogP contribution in [0.2, 0.25) is 0 Å². The number of nitrogens with one attached hydrogen (secondary N) is 1. The zero-order chi connectivity index (χ0) is 18.4. The highest BCUT2D eigenvalue weighted by Crippen LogP contribution is 2.16. The summed E-state index contributed by atoms with van der Waals surface area (Å²) < 4.78 is 1.87. The minimum Gasteiger partial charge on any atom is -0.370 e. The Balaban J connectivity index is 1.56. The number of likely N-dealkylation sites (N-methyl/N-ethyl adjacent to an activating group) is 1. The fourth-order valence-electron chi connectivity index (χ4n) is 2.81. The van der Waals surface area contributed by atoms with Gasteiger partial charge in [0.1, 0.15) is 12.4 Å². The minimum absolute atomic E-state index is 0.0199. The maximum Gasteiger partial charge on any atom is 0.240 e. The predicted octanol–water partition coefficient (Wildman–Crippen LogP) is 3.19. The van der Waals surface area contributed by atoms with Crippen LogP contribution in [0.4, 0.5) is 5.69 Å². The van der Waals surface area contributed by atoms with Crippen LogP contribution >= 0.6 is 0 Å². The molecule has 0 radical (unpaired) electrons. The summed E-state index contributed by atoms with van der Waals surface area (Å²) >= 11 is 0. The van der Waals surface area contributed by atoms with Crippen molar-refractivity contribution < 1.29 is 4.79 Å². The van der Waals surface area contributed by atoms with Gasteiger partial charge in [-0.1, -0.05) is 48.5 Å². The molecule has 0 aliphatic heterocycles. The van der Waals surface area contributed by atoms with Gasteiger partial charge < -0.3 is 14.8 Å². The molecule has 0 bridgehead atoms. The van der Waals surface area contributed by atoms with Crippen molar-refractivity contribution in [2.24, 2.45) is 0 Å². The average Bonchev–Trinajstić information content (AvgIpc) is 3.15. The lowest BCUT2D eigenvalue weighted by Crippen LogP contribution is -2.41. The van der Waals surface area contributed by atoms with E-state index >= 15 is 0 Å². The first kappa shape index (κ1) is 17.7. The lowest BCUT2D eigenvalue weighted by molar-refractivity contribution is -0.121. The zero-order valence-corrected chi connectivity index (χ0v) is 15.2. The van der Waals surface area contributed by atoms with Gasteiger partial charge in [-0.2, -0.15) is 0 Å². The molecule has 1 aromatic heterocycles. The molecule has 0 aliphatic rings. The molecule has 1 atom stereocenters. The zero-order valence-electron chi connectivity index (χ0n) is 15.2. The smallest absolute Gasteiger partial charge is 0.240 e. The number of amides is 1. The van der Waals surface area contributed by atoms with Crippen molar-refractivity contribution in [1.29, 1.82) is 0 Å². The number of carbonyl (C=O) groups is 1. The SMILES string of the molecule is C[C@@H](CNC(=O)Cn1ccnc1-c1ccccc1)N(C)c1ccccc1. The summed E-state index contributed by atoms with van der Waals surface area (Å²) in [6, 6.07) is 20.2. The fraction of sp³-hybridized carbons (Fsp3) is 0.238. The molecule has 5 heteroatoms. The highest BCUT2D eigenvalue weighted by molar-refractivity contribution is 5.76. The molecular formula is C21H24N4O. The van der Waals surface area contributed by atoms with Gasteiger partial charge in [0.15, 0.2) is 0 Å². The van der Waals surface area contributed by atoms with Gasteiger partial charge in [0.2, 0.25) is 5.91 Å². The Morgan fingerprint density at radius 2 is 1.77 bits per heavy atom. The Hall–Kier alpha value is -3.08. The van der Waals surface area contributed by atoms with Gasteiger partial charge in [-0.15, -0.1) is 0 Å². The molecule has 2 aromatic carbocycles. The monoisotopic (exact) mass is 348 g/mol. The largest absolute Gasteiger partial charge is 0.370 e. The number of anilines is 1. The summed E-state index contributed by atoms with van der Waals surface area (Å²) in [6.45, 7) is 2.94. The van der Waals surface area contributed by atoms with E-state index in [0.29, 0.717) is 6.54 Å². The van der Waals surface area contributed by atoms with Crippen molar-refractivity contribution in [3.63, 3.8) is 0 Å². The number of benzene rings is 2. The molecule has 134 valence electrons. The number of rotatable bonds is 7. The average molecular weight is 348 g/mol. The molecule has 0 saturated carbocycles. The summed E-state index contributed by atoms with van der Waals surface area (Å²) in [7, 11) is 2.04. The summed E-state index contributed by atoms with van der Waals surface area (Å²) in [5, 5.41) is 3.02. The van der Waals surface area contributed by atoms with E-state index < -0.39 is 0 Å². The molecule has 26 heavy (non-hydrogen) atoms. The third-order valence-electron chi connectivity index (χ3n) is 4.48. The van der Waals surface area contributed by atoms with Gasteiger partial charge >= 0.3 is 0 Å². The van der Waals surface area contributed by atoms with Gasteiger partial charge in [-0.25, -0.2) is 4.98 Å². The topological polar surface area (TPSA) is 50.2 Å².